The van der Waals surface area contributed by atoms with Gasteiger partial charge in [-0.2, -0.15) is 0 Å². The largest absolute Gasteiger partial charge is 0.312 e. The zero-order valence-electron chi connectivity index (χ0n) is 13.5. The van der Waals surface area contributed by atoms with Crippen LogP contribution >= 0.6 is 23.1 Å². The summed E-state index contributed by atoms with van der Waals surface area (Å²) in [6.07, 6.45) is 0.217. The fraction of sp³-hybridized carbons (Fsp3) is 0.375. The lowest BCUT2D eigenvalue weighted by Crippen LogP contribution is -2.28. The molecule has 24 heavy (non-hydrogen) atoms. The van der Waals surface area contributed by atoms with Crippen LogP contribution in [0.1, 0.15) is 18.9 Å². The van der Waals surface area contributed by atoms with Gasteiger partial charge >= 0.3 is 0 Å². The molecule has 2 amide bonds. The molecule has 1 N–H and O–H groups in total. The summed E-state index contributed by atoms with van der Waals surface area (Å²) in [5.41, 5.74) is 1.97. The van der Waals surface area contributed by atoms with Crippen molar-refractivity contribution in [2.75, 3.05) is 22.5 Å². The molecule has 1 fully saturated rings. The smallest absolute Gasteiger partial charge is 0.231 e. The number of nitrogens with zero attached hydrogens (tertiary/aromatic N) is 3. The molecule has 1 aromatic carbocycles. The van der Waals surface area contributed by atoms with Gasteiger partial charge in [0.25, 0.3) is 0 Å². The molecule has 1 aliphatic heterocycles. The minimum Gasteiger partial charge on any atom is -0.312 e. The van der Waals surface area contributed by atoms with Crippen LogP contribution in [0.3, 0.4) is 0 Å². The summed E-state index contributed by atoms with van der Waals surface area (Å²) in [6, 6.07) is 7.74. The Labute approximate surface area is 148 Å². The Bertz CT molecular complexity index is 745. The van der Waals surface area contributed by atoms with Crippen molar-refractivity contribution in [3.8, 4) is 0 Å². The fourth-order valence-electron chi connectivity index (χ4n) is 2.51. The molecule has 1 aliphatic rings. The quantitative estimate of drug-likeness (QED) is 0.654. The van der Waals surface area contributed by atoms with E-state index < -0.39 is 0 Å². The van der Waals surface area contributed by atoms with E-state index in [-0.39, 0.29) is 24.2 Å². The van der Waals surface area contributed by atoms with Gasteiger partial charge in [0.05, 0.1) is 5.92 Å². The number of thioether (sulfide) groups is 1. The Hall–Kier alpha value is -1.93. The minimum atomic E-state index is -0.370. The molecule has 0 spiro atoms. The molecule has 8 heteroatoms. The van der Waals surface area contributed by atoms with Crippen molar-refractivity contribution in [1.82, 2.24) is 10.2 Å². The molecule has 0 unspecified atom stereocenters. The molecule has 0 saturated carbocycles. The van der Waals surface area contributed by atoms with Crippen LogP contribution in [0.15, 0.2) is 28.6 Å². The van der Waals surface area contributed by atoms with E-state index in [4.69, 9.17) is 0 Å². The zero-order valence-corrected chi connectivity index (χ0v) is 15.1. The van der Waals surface area contributed by atoms with Crippen LogP contribution in [-0.2, 0) is 9.59 Å². The summed E-state index contributed by atoms with van der Waals surface area (Å²) in [4.78, 5) is 26.3. The SMILES string of the molecule is CCSc1nnc(NC(=O)[C@H]2CC(=O)N(c3ccc(C)cc3)C2)s1. The number of anilines is 2. The second kappa shape index (κ2) is 7.31. The van der Waals surface area contributed by atoms with Gasteiger partial charge in [0, 0.05) is 18.7 Å². The van der Waals surface area contributed by atoms with Gasteiger partial charge in [-0.1, -0.05) is 47.7 Å². The van der Waals surface area contributed by atoms with Gasteiger partial charge in [-0.05, 0) is 24.8 Å². The maximum Gasteiger partial charge on any atom is 0.231 e. The Kier molecular flexibility index (Phi) is 5.15. The summed E-state index contributed by atoms with van der Waals surface area (Å²) in [6.45, 7) is 4.43. The summed E-state index contributed by atoms with van der Waals surface area (Å²) >= 11 is 2.94. The van der Waals surface area contributed by atoms with Gasteiger partial charge in [0.15, 0.2) is 4.34 Å². The van der Waals surface area contributed by atoms with Gasteiger partial charge in [-0.15, -0.1) is 10.2 Å². The van der Waals surface area contributed by atoms with Crippen LogP contribution < -0.4 is 10.2 Å². The normalized spacial score (nSPS) is 17.3. The maximum absolute atomic E-state index is 12.4. The fourth-order valence-corrected chi connectivity index (χ4v) is 4.16. The number of aromatic nitrogens is 2. The van der Waals surface area contributed by atoms with Crippen LogP contribution in [0, 0.1) is 12.8 Å². The van der Waals surface area contributed by atoms with E-state index in [2.05, 4.69) is 15.5 Å². The Balaban J connectivity index is 1.64. The van der Waals surface area contributed by atoms with Gasteiger partial charge in [-0.3, -0.25) is 9.59 Å². The molecule has 2 aromatic rings. The second-order valence-electron chi connectivity index (χ2n) is 5.54. The van der Waals surface area contributed by atoms with Crippen LogP contribution in [-0.4, -0.2) is 34.3 Å². The molecule has 0 radical (unpaired) electrons. The summed E-state index contributed by atoms with van der Waals surface area (Å²) in [5.74, 6) is 0.330. The number of amides is 2. The average molecular weight is 362 g/mol. The van der Waals surface area contributed by atoms with Crippen LogP contribution in [0.5, 0.6) is 0 Å². The lowest BCUT2D eigenvalue weighted by atomic mass is 10.1. The highest BCUT2D eigenvalue weighted by Gasteiger charge is 2.35. The maximum atomic E-state index is 12.4. The van der Waals surface area contributed by atoms with Crippen molar-refractivity contribution in [3.05, 3.63) is 29.8 Å². The number of nitrogens with one attached hydrogen (secondary N) is 1. The first-order valence-electron chi connectivity index (χ1n) is 7.71. The lowest BCUT2D eigenvalue weighted by Gasteiger charge is -2.16. The average Bonchev–Trinajstić information content (AvgIpc) is 3.15. The molecule has 3 rings (SSSR count). The Morgan fingerprint density at radius 3 is 2.83 bits per heavy atom. The van der Waals surface area contributed by atoms with Crippen molar-refractivity contribution in [3.63, 3.8) is 0 Å². The van der Waals surface area contributed by atoms with Crippen LogP contribution in [0.25, 0.3) is 0 Å². The number of hydrogen-bond acceptors (Lipinski definition) is 6. The van der Waals surface area contributed by atoms with Crippen molar-refractivity contribution < 1.29 is 9.59 Å². The van der Waals surface area contributed by atoms with Gasteiger partial charge in [0.1, 0.15) is 0 Å². The molecule has 0 bridgehead atoms. The number of rotatable bonds is 5. The Morgan fingerprint density at radius 1 is 1.38 bits per heavy atom. The van der Waals surface area contributed by atoms with E-state index in [0.29, 0.717) is 11.7 Å². The molecule has 126 valence electrons. The summed E-state index contributed by atoms with van der Waals surface area (Å²) < 4.78 is 0.830. The molecule has 1 saturated heterocycles. The van der Waals surface area contributed by atoms with E-state index in [0.717, 1.165) is 21.3 Å². The van der Waals surface area contributed by atoms with Gasteiger partial charge in [-0.25, -0.2) is 0 Å². The Morgan fingerprint density at radius 2 is 2.12 bits per heavy atom. The highest BCUT2D eigenvalue weighted by Crippen LogP contribution is 2.28. The first-order valence-corrected chi connectivity index (χ1v) is 9.51. The first-order chi connectivity index (χ1) is 11.6. The molecule has 6 nitrogen and oxygen atoms in total. The third kappa shape index (κ3) is 3.76. The predicted molar refractivity (Wildman–Crippen MR) is 96.6 cm³/mol. The van der Waals surface area contributed by atoms with E-state index in [9.17, 15) is 9.59 Å². The predicted octanol–water partition coefficient (Wildman–Crippen LogP) is 2.95. The molecule has 1 atom stereocenters. The van der Waals surface area contributed by atoms with Crippen LogP contribution in [0.2, 0.25) is 0 Å². The number of aryl methyl sites for hydroxylation is 1. The zero-order chi connectivity index (χ0) is 17.1. The van der Waals surface area contributed by atoms with Crippen LogP contribution in [0.4, 0.5) is 10.8 Å². The third-order valence-electron chi connectivity index (χ3n) is 3.75. The molecule has 2 heterocycles. The van der Waals surface area contributed by atoms with E-state index in [1.54, 1.807) is 16.7 Å². The molecule has 1 aromatic heterocycles. The molecular formula is C16H18N4O2S2. The standard InChI is InChI=1S/C16H18N4O2S2/c1-3-23-16-19-18-15(24-16)17-14(22)11-8-13(21)20(9-11)12-6-4-10(2)5-7-12/h4-7,11H,3,8-9H2,1-2H3,(H,17,18,22)/t11-/m0/s1. The van der Waals surface area contributed by atoms with Crippen molar-refractivity contribution >= 4 is 45.7 Å². The molecule has 0 aliphatic carbocycles. The highest BCUT2D eigenvalue weighted by atomic mass is 32.2. The second-order valence-corrected chi connectivity index (χ2v) is 8.02. The van der Waals surface area contributed by atoms with Crippen molar-refractivity contribution in [1.29, 1.82) is 0 Å². The summed E-state index contributed by atoms with van der Waals surface area (Å²) in [7, 11) is 0. The number of benzene rings is 1. The lowest BCUT2D eigenvalue weighted by molar-refractivity contribution is -0.122. The first kappa shape index (κ1) is 16.9. The van der Waals surface area contributed by atoms with Gasteiger partial charge < -0.3 is 10.2 Å². The van der Waals surface area contributed by atoms with Crippen molar-refractivity contribution in [2.45, 2.75) is 24.6 Å². The third-order valence-corrected chi connectivity index (χ3v) is 5.60. The highest BCUT2D eigenvalue weighted by molar-refractivity contribution is 8.01. The summed E-state index contributed by atoms with van der Waals surface area (Å²) in [5, 5.41) is 11.2. The van der Waals surface area contributed by atoms with Crippen molar-refractivity contribution in [2.24, 2.45) is 5.92 Å². The molecular weight excluding hydrogens is 344 g/mol. The number of carbonyl (C=O) groups excluding carboxylic acids is 2. The number of carbonyl (C=O) groups is 2. The monoisotopic (exact) mass is 362 g/mol. The number of hydrogen-bond donors (Lipinski definition) is 1. The topological polar surface area (TPSA) is 75.2 Å². The van der Waals surface area contributed by atoms with E-state index >= 15 is 0 Å². The van der Waals surface area contributed by atoms with Gasteiger partial charge in [0.2, 0.25) is 16.9 Å². The van der Waals surface area contributed by atoms with E-state index in [1.807, 2.05) is 38.1 Å². The van der Waals surface area contributed by atoms with E-state index in [1.165, 1.54) is 11.3 Å². The minimum absolute atomic E-state index is 0.0292.